The highest BCUT2D eigenvalue weighted by atomic mass is 16.7. The Morgan fingerprint density at radius 2 is 1.40 bits per heavy atom. The molecule has 1 N–H and O–H groups in total. The number of benzene rings is 3. The van der Waals surface area contributed by atoms with Crippen molar-refractivity contribution in [1.29, 1.82) is 0 Å². The molecule has 0 spiro atoms. The van der Waals surface area contributed by atoms with Crippen LogP contribution in [-0.2, 0) is 23.6 Å². The van der Waals surface area contributed by atoms with E-state index >= 15 is 0 Å². The SMILES string of the molecule is CC(C)Oc1cccc(OC(C)C)c1C(=O)O[C@@H](C(=O)O)[C@H]1OB(c2ccccc2Oc2ccccc2)OC1=O. The zero-order chi connectivity index (χ0) is 28.8. The molecule has 208 valence electrons. The minimum absolute atomic E-state index is 0.110. The van der Waals surface area contributed by atoms with E-state index in [2.05, 4.69) is 0 Å². The summed E-state index contributed by atoms with van der Waals surface area (Å²) in [5, 5.41) is 9.93. The maximum Gasteiger partial charge on any atom is 0.569 e. The highest BCUT2D eigenvalue weighted by molar-refractivity contribution is 6.65. The summed E-state index contributed by atoms with van der Waals surface area (Å²) in [6, 6.07) is 20.3. The van der Waals surface area contributed by atoms with Gasteiger partial charge in [-0.05, 0) is 58.0 Å². The van der Waals surface area contributed by atoms with Crippen LogP contribution in [0.2, 0.25) is 0 Å². The van der Waals surface area contributed by atoms with E-state index < -0.39 is 37.2 Å². The molecule has 0 unspecified atom stereocenters. The molecule has 0 radical (unpaired) electrons. The zero-order valence-electron chi connectivity index (χ0n) is 22.4. The molecule has 10 nitrogen and oxygen atoms in total. The number of hydrogen-bond donors (Lipinski definition) is 1. The van der Waals surface area contributed by atoms with Gasteiger partial charge in [-0.3, -0.25) is 4.79 Å². The fourth-order valence-electron chi connectivity index (χ4n) is 3.94. The average molecular weight is 548 g/mol. The number of aliphatic carboxylic acids is 1. The van der Waals surface area contributed by atoms with Crippen molar-refractivity contribution in [3.05, 3.63) is 78.4 Å². The molecule has 1 aliphatic heterocycles. The minimum atomic E-state index is -2.02. The van der Waals surface area contributed by atoms with Crippen molar-refractivity contribution in [2.75, 3.05) is 0 Å². The van der Waals surface area contributed by atoms with Crippen molar-refractivity contribution in [1.82, 2.24) is 0 Å². The lowest BCUT2D eigenvalue weighted by Gasteiger charge is -2.21. The van der Waals surface area contributed by atoms with Gasteiger partial charge in [0.05, 0.1) is 12.2 Å². The summed E-state index contributed by atoms with van der Waals surface area (Å²) in [5.74, 6) is -2.51. The molecule has 3 aromatic rings. The molecule has 3 aromatic carbocycles. The first-order chi connectivity index (χ1) is 19.1. The number of rotatable bonds is 11. The normalized spacial score (nSPS) is 15.5. The molecule has 1 fully saturated rings. The molecule has 0 amide bonds. The lowest BCUT2D eigenvalue weighted by Crippen LogP contribution is -2.43. The first kappa shape index (κ1) is 28.5. The maximum atomic E-state index is 13.4. The Bertz CT molecular complexity index is 1330. The second kappa shape index (κ2) is 12.6. The summed E-state index contributed by atoms with van der Waals surface area (Å²) in [4.78, 5) is 38.4. The van der Waals surface area contributed by atoms with Gasteiger partial charge in [-0.1, -0.05) is 42.5 Å². The number of carbonyl (C=O) groups is 3. The van der Waals surface area contributed by atoms with Crippen molar-refractivity contribution in [2.45, 2.75) is 52.1 Å². The number of para-hydroxylation sites is 2. The molecule has 0 aliphatic carbocycles. The Morgan fingerprint density at radius 3 is 2.00 bits per heavy atom. The monoisotopic (exact) mass is 548 g/mol. The fraction of sp³-hybridized carbons (Fsp3) is 0.276. The van der Waals surface area contributed by atoms with E-state index in [9.17, 15) is 19.5 Å². The number of carbonyl (C=O) groups excluding carboxylic acids is 2. The summed E-state index contributed by atoms with van der Waals surface area (Å²) in [6.45, 7) is 7.08. The third-order valence-corrected chi connectivity index (χ3v) is 5.54. The molecule has 1 heterocycles. The first-order valence-corrected chi connectivity index (χ1v) is 12.7. The highest BCUT2D eigenvalue weighted by Gasteiger charge is 2.50. The Balaban J connectivity index is 1.59. The van der Waals surface area contributed by atoms with Gasteiger partial charge < -0.3 is 33.4 Å². The molecular formula is C29H29BO10. The number of esters is 1. The van der Waals surface area contributed by atoms with Gasteiger partial charge in [-0.15, -0.1) is 0 Å². The summed E-state index contributed by atoms with van der Waals surface area (Å²) in [5.41, 5.74) is 0.238. The standard InChI is InChI=1S/C29H29BO10/c1-17(2)35-22-15-10-16-23(36-18(3)4)24(22)28(33)38-25(27(31)32)26-29(34)40-30(39-26)20-13-8-9-14-21(20)37-19-11-6-5-7-12-19/h5-18,25-26H,1-4H3,(H,31,32)/t25-,26-/m1/s1. The van der Waals surface area contributed by atoms with Crippen LogP contribution in [0.3, 0.4) is 0 Å². The third kappa shape index (κ3) is 6.73. The zero-order valence-corrected chi connectivity index (χ0v) is 22.4. The summed E-state index contributed by atoms with van der Waals surface area (Å²) >= 11 is 0. The topological polar surface area (TPSA) is 127 Å². The van der Waals surface area contributed by atoms with Crippen LogP contribution < -0.4 is 19.7 Å². The maximum absolute atomic E-state index is 13.4. The summed E-state index contributed by atoms with van der Waals surface area (Å²) in [6.07, 6.45) is -4.37. The minimum Gasteiger partial charge on any atom is -0.504 e. The quantitative estimate of drug-likeness (QED) is 0.278. The van der Waals surface area contributed by atoms with Gasteiger partial charge in [0.15, 0.2) is 6.10 Å². The van der Waals surface area contributed by atoms with E-state index in [1.54, 1.807) is 94.4 Å². The van der Waals surface area contributed by atoms with Gasteiger partial charge >= 0.3 is 25.0 Å². The van der Waals surface area contributed by atoms with Crippen molar-refractivity contribution in [2.24, 2.45) is 0 Å². The lowest BCUT2D eigenvalue weighted by atomic mass is 9.78. The predicted molar refractivity (Wildman–Crippen MR) is 144 cm³/mol. The summed E-state index contributed by atoms with van der Waals surface area (Å²) < 4.78 is 33.8. The number of carboxylic acid groups (broad SMARTS) is 1. The van der Waals surface area contributed by atoms with E-state index in [1.165, 1.54) is 0 Å². The molecule has 0 saturated carbocycles. The molecular weight excluding hydrogens is 519 g/mol. The van der Waals surface area contributed by atoms with Gasteiger partial charge in [0.25, 0.3) is 0 Å². The third-order valence-electron chi connectivity index (χ3n) is 5.54. The van der Waals surface area contributed by atoms with E-state index in [4.69, 9.17) is 28.3 Å². The van der Waals surface area contributed by atoms with Crippen molar-refractivity contribution in [3.8, 4) is 23.0 Å². The van der Waals surface area contributed by atoms with Crippen LogP contribution in [-0.4, -0.2) is 54.5 Å². The lowest BCUT2D eigenvalue weighted by molar-refractivity contribution is -0.158. The van der Waals surface area contributed by atoms with Crippen LogP contribution in [0.15, 0.2) is 72.8 Å². The fourth-order valence-corrected chi connectivity index (χ4v) is 3.94. The van der Waals surface area contributed by atoms with Crippen LogP contribution in [0.4, 0.5) is 0 Å². The molecule has 40 heavy (non-hydrogen) atoms. The Morgan fingerprint density at radius 1 is 0.825 bits per heavy atom. The van der Waals surface area contributed by atoms with Crippen molar-refractivity contribution < 1.29 is 47.7 Å². The van der Waals surface area contributed by atoms with Gasteiger partial charge in [0.2, 0.25) is 6.10 Å². The number of ether oxygens (including phenoxy) is 4. The molecule has 4 rings (SSSR count). The van der Waals surface area contributed by atoms with Crippen molar-refractivity contribution >= 4 is 30.5 Å². The number of carboxylic acids is 1. The highest BCUT2D eigenvalue weighted by Crippen LogP contribution is 2.32. The Labute approximate surface area is 231 Å². The predicted octanol–water partition coefficient (Wildman–Crippen LogP) is 4.00. The van der Waals surface area contributed by atoms with Gasteiger partial charge in [-0.2, -0.15) is 0 Å². The van der Waals surface area contributed by atoms with Gasteiger partial charge in [0.1, 0.15) is 28.6 Å². The number of hydrogen-bond acceptors (Lipinski definition) is 9. The van der Waals surface area contributed by atoms with E-state index in [1.807, 2.05) is 6.07 Å². The second-order valence-corrected chi connectivity index (χ2v) is 9.41. The first-order valence-electron chi connectivity index (χ1n) is 12.7. The van der Waals surface area contributed by atoms with Crippen molar-refractivity contribution in [3.63, 3.8) is 0 Å². The van der Waals surface area contributed by atoms with Crippen LogP contribution in [0, 0.1) is 0 Å². The van der Waals surface area contributed by atoms with Crippen LogP contribution in [0.1, 0.15) is 38.1 Å². The molecule has 1 saturated heterocycles. The largest absolute Gasteiger partial charge is 0.569 e. The summed E-state index contributed by atoms with van der Waals surface area (Å²) in [7, 11) is -1.30. The Hall–Kier alpha value is -4.51. The Kier molecular flexibility index (Phi) is 8.95. The smallest absolute Gasteiger partial charge is 0.504 e. The van der Waals surface area contributed by atoms with E-state index in [0.717, 1.165) is 0 Å². The van der Waals surface area contributed by atoms with E-state index in [-0.39, 0.29) is 29.3 Å². The molecule has 0 aromatic heterocycles. The molecule has 11 heteroatoms. The second-order valence-electron chi connectivity index (χ2n) is 9.41. The van der Waals surface area contributed by atoms with Crippen LogP contribution >= 0.6 is 0 Å². The van der Waals surface area contributed by atoms with E-state index in [0.29, 0.717) is 17.0 Å². The molecule has 0 bridgehead atoms. The van der Waals surface area contributed by atoms with Gasteiger partial charge in [0, 0.05) is 5.46 Å². The molecule has 2 atom stereocenters. The average Bonchev–Trinajstić information content (AvgIpc) is 3.28. The van der Waals surface area contributed by atoms with Gasteiger partial charge in [-0.25, -0.2) is 9.59 Å². The van der Waals surface area contributed by atoms with Crippen LogP contribution in [0.25, 0.3) is 0 Å². The van der Waals surface area contributed by atoms with Crippen LogP contribution in [0.5, 0.6) is 23.0 Å². The molecule has 1 aliphatic rings.